The van der Waals surface area contributed by atoms with Crippen LogP contribution in [0.4, 0.5) is 0 Å². The lowest BCUT2D eigenvalue weighted by atomic mass is 10.00. The van der Waals surface area contributed by atoms with Gasteiger partial charge in [-0.2, -0.15) is 0 Å². The molecule has 2 fully saturated rings. The van der Waals surface area contributed by atoms with Crippen molar-refractivity contribution in [2.24, 2.45) is 17.8 Å². The molecule has 0 bridgehead atoms. The normalized spacial score (nSPS) is 34.0. The molecule has 2 rings (SSSR count). The zero-order chi connectivity index (χ0) is 11.9. The molecule has 2 amide bonds. The van der Waals surface area contributed by atoms with Gasteiger partial charge in [-0.3, -0.25) is 14.5 Å². The van der Waals surface area contributed by atoms with Crippen LogP contribution >= 0.6 is 0 Å². The van der Waals surface area contributed by atoms with Gasteiger partial charge in [0.25, 0.3) is 0 Å². The fourth-order valence-electron chi connectivity index (χ4n) is 2.88. The highest BCUT2D eigenvalue weighted by Crippen LogP contribution is 2.43. The van der Waals surface area contributed by atoms with Crippen molar-refractivity contribution in [3.63, 3.8) is 0 Å². The molecule has 0 radical (unpaired) electrons. The summed E-state index contributed by atoms with van der Waals surface area (Å²) < 4.78 is 0. The molecule has 1 saturated heterocycles. The first-order valence-corrected chi connectivity index (χ1v) is 5.68. The van der Waals surface area contributed by atoms with E-state index in [1.807, 2.05) is 6.92 Å². The van der Waals surface area contributed by atoms with Crippen LogP contribution in [-0.4, -0.2) is 46.2 Å². The minimum absolute atomic E-state index is 0.215. The summed E-state index contributed by atoms with van der Waals surface area (Å²) in [4.78, 5) is 25.0. The van der Waals surface area contributed by atoms with Crippen LogP contribution in [-0.2, 0) is 9.59 Å². The summed E-state index contributed by atoms with van der Waals surface area (Å²) in [6, 6.07) is -0.763. The molecule has 1 aliphatic carbocycles. The van der Waals surface area contributed by atoms with Crippen LogP contribution in [0.2, 0.25) is 0 Å². The summed E-state index contributed by atoms with van der Waals surface area (Å²) in [5.74, 6) is -0.460. The van der Waals surface area contributed by atoms with Crippen LogP contribution in [0.3, 0.4) is 0 Å². The third kappa shape index (κ3) is 1.55. The molecule has 0 spiro atoms. The molecule has 5 heteroatoms. The van der Waals surface area contributed by atoms with E-state index in [2.05, 4.69) is 0 Å². The van der Waals surface area contributed by atoms with E-state index in [9.17, 15) is 9.59 Å². The Hall–Kier alpha value is -0.940. The Labute approximate surface area is 94.0 Å². The molecule has 0 aromatic carbocycles. The van der Waals surface area contributed by atoms with Crippen LogP contribution in [0.25, 0.3) is 0 Å². The summed E-state index contributed by atoms with van der Waals surface area (Å²) >= 11 is 0. The summed E-state index contributed by atoms with van der Waals surface area (Å²) in [6.45, 7) is 1.30. The number of aliphatic hydroxyl groups is 2. The van der Waals surface area contributed by atoms with Gasteiger partial charge >= 0.3 is 0 Å². The minimum atomic E-state index is -0.763. The fraction of sp³-hybridized carbons (Fsp3) is 0.818. The molecule has 2 atom stereocenters. The van der Waals surface area contributed by atoms with Crippen molar-refractivity contribution in [1.82, 2.24) is 4.90 Å². The highest BCUT2D eigenvalue weighted by molar-refractivity contribution is 6.05. The smallest absolute Gasteiger partial charge is 0.233 e. The zero-order valence-corrected chi connectivity index (χ0v) is 9.30. The first-order chi connectivity index (χ1) is 7.60. The average molecular weight is 227 g/mol. The lowest BCUT2D eigenvalue weighted by Gasteiger charge is -2.24. The van der Waals surface area contributed by atoms with Crippen LogP contribution in [0, 0.1) is 17.8 Å². The topological polar surface area (TPSA) is 77.8 Å². The van der Waals surface area contributed by atoms with Crippen LogP contribution < -0.4 is 0 Å². The minimum Gasteiger partial charge on any atom is -0.394 e. The van der Waals surface area contributed by atoms with Gasteiger partial charge in [-0.1, -0.05) is 6.92 Å². The van der Waals surface area contributed by atoms with Gasteiger partial charge in [0, 0.05) is 0 Å². The molecule has 2 N–H and O–H groups in total. The lowest BCUT2D eigenvalue weighted by molar-refractivity contribution is -0.145. The van der Waals surface area contributed by atoms with Crippen molar-refractivity contribution in [2.75, 3.05) is 13.2 Å². The molecule has 5 nitrogen and oxygen atoms in total. The number of nitrogens with zero attached hydrogens (tertiary/aromatic N) is 1. The number of carbonyl (C=O) groups is 2. The molecule has 1 heterocycles. The van der Waals surface area contributed by atoms with Crippen molar-refractivity contribution >= 4 is 11.8 Å². The number of fused-ring (bicyclic) bond motifs is 1. The molecule has 90 valence electrons. The fourth-order valence-corrected chi connectivity index (χ4v) is 2.88. The van der Waals surface area contributed by atoms with Gasteiger partial charge < -0.3 is 10.2 Å². The van der Waals surface area contributed by atoms with E-state index in [1.165, 1.54) is 0 Å². The number of hydrogen-bond donors (Lipinski definition) is 2. The van der Waals surface area contributed by atoms with Gasteiger partial charge in [-0.25, -0.2) is 0 Å². The summed E-state index contributed by atoms with van der Waals surface area (Å²) in [7, 11) is 0. The Balaban J connectivity index is 2.20. The Morgan fingerprint density at radius 1 is 1.19 bits per heavy atom. The number of aliphatic hydroxyl groups excluding tert-OH is 2. The Morgan fingerprint density at radius 2 is 1.62 bits per heavy atom. The first kappa shape index (κ1) is 11.5. The van der Waals surface area contributed by atoms with Crippen molar-refractivity contribution in [2.45, 2.75) is 25.8 Å². The molecule has 0 aromatic rings. The maximum Gasteiger partial charge on any atom is 0.233 e. The van der Waals surface area contributed by atoms with Gasteiger partial charge in [0.2, 0.25) is 11.8 Å². The summed E-state index contributed by atoms with van der Waals surface area (Å²) in [5.41, 5.74) is 0. The quantitative estimate of drug-likeness (QED) is 0.629. The van der Waals surface area contributed by atoms with Crippen LogP contribution in [0.1, 0.15) is 19.8 Å². The van der Waals surface area contributed by atoms with E-state index >= 15 is 0 Å². The van der Waals surface area contributed by atoms with E-state index in [1.54, 1.807) is 0 Å². The lowest BCUT2D eigenvalue weighted by Crippen LogP contribution is -2.45. The maximum atomic E-state index is 12.0. The van der Waals surface area contributed by atoms with Crippen molar-refractivity contribution in [3.8, 4) is 0 Å². The maximum absolute atomic E-state index is 12.0. The van der Waals surface area contributed by atoms with Gasteiger partial charge in [0.15, 0.2) is 0 Å². The van der Waals surface area contributed by atoms with Crippen LogP contribution in [0.15, 0.2) is 0 Å². The summed E-state index contributed by atoms with van der Waals surface area (Å²) in [6.07, 6.45) is 1.49. The SMILES string of the molecule is CC1CC2C(=O)N(C(CO)CO)C(=O)C2C1. The third-order valence-electron chi connectivity index (χ3n) is 3.69. The van der Waals surface area contributed by atoms with E-state index in [4.69, 9.17) is 10.2 Å². The van der Waals surface area contributed by atoms with E-state index in [0.29, 0.717) is 5.92 Å². The largest absolute Gasteiger partial charge is 0.394 e. The Morgan fingerprint density at radius 3 is 2.00 bits per heavy atom. The number of carbonyl (C=O) groups excluding carboxylic acids is 2. The monoisotopic (exact) mass is 227 g/mol. The predicted octanol–water partition coefficient (Wildman–Crippen LogP) is -0.629. The molecule has 2 unspecified atom stereocenters. The van der Waals surface area contributed by atoms with Crippen molar-refractivity contribution in [3.05, 3.63) is 0 Å². The molecular weight excluding hydrogens is 210 g/mol. The second-order valence-electron chi connectivity index (χ2n) is 4.86. The highest BCUT2D eigenvalue weighted by atomic mass is 16.3. The Bertz CT molecular complexity index is 289. The number of rotatable bonds is 3. The molecule has 1 aliphatic heterocycles. The number of likely N-dealkylation sites (tertiary alicyclic amines) is 1. The molecule has 2 aliphatic rings. The van der Waals surface area contributed by atoms with Gasteiger partial charge in [0.1, 0.15) is 0 Å². The number of imide groups is 1. The van der Waals surface area contributed by atoms with E-state index in [-0.39, 0.29) is 36.9 Å². The predicted molar refractivity (Wildman–Crippen MR) is 55.2 cm³/mol. The first-order valence-electron chi connectivity index (χ1n) is 5.68. The third-order valence-corrected chi connectivity index (χ3v) is 3.69. The van der Waals surface area contributed by atoms with Crippen LogP contribution in [0.5, 0.6) is 0 Å². The van der Waals surface area contributed by atoms with E-state index in [0.717, 1.165) is 17.7 Å². The molecule has 1 saturated carbocycles. The number of amides is 2. The van der Waals surface area contributed by atoms with E-state index < -0.39 is 6.04 Å². The second kappa shape index (κ2) is 4.14. The number of hydrogen-bond acceptors (Lipinski definition) is 4. The summed E-state index contributed by atoms with van der Waals surface area (Å²) in [5, 5.41) is 18.1. The standard InChI is InChI=1S/C11H17NO4/c1-6-2-8-9(3-6)11(16)12(10(8)15)7(4-13)5-14/h6-9,13-14H,2-5H2,1H3. The van der Waals surface area contributed by atoms with Gasteiger partial charge in [-0.05, 0) is 18.8 Å². The highest BCUT2D eigenvalue weighted by Gasteiger charge is 2.53. The van der Waals surface area contributed by atoms with Gasteiger partial charge in [0.05, 0.1) is 31.1 Å². The zero-order valence-electron chi connectivity index (χ0n) is 9.30. The average Bonchev–Trinajstić information content (AvgIpc) is 2.74. The van der Waals surface area contributed by atoms with Gasteiger partial charge in [-0.15, -0.1) is 0 Å². The Kier molecular flexibility index (Phi) is 2.99. The van der Waals surface area contributed by atoms with Crippen molar-refractivity contribution in [1.29, 1.82) is 0 Å². The molecule has 0 aromatic heterocycles. The molecular formula is C11H17NO4. The second-order valence-corrected chi connectivity index (χ2v) is 4.86. The van der Waals surface area contributed by atoms with Crippen molar-refractivity contribution < 1.29 is 19.8 Å². The molecule has 16 heavy (non-hydrogen) atoms.